The molecule has 0 aromatic carbocycles. The second-order valence-electron chi connectivity index (χ2n) is 2.64. The van der Waals surface area contributed by atoms with Crippen LogP contribution in [0.5, 0.6) is 5.75 Å². The van der Waals surface area contributed by atoms with Crippen molar-refractivity contribution in [1.29, 1.82) is 5.26 Å². The number of alkyl halides is 3. The third-order valence-electron chi connectivity index (χ3n) is 1.59. The minimum absolute atomic E-state index is 0.0585. The molecule has 0 radical (unpaired) electrons. The van der Waals surface area contributed by atoms with E-state index in [1.165, 1.54) is 0 Å². The lowest BCUT2D eigenvalue weighted by molar-refractivity contribution is -0.275. The lowest BCUT2D eigenvalue weighted by atomic mass is 10.2. The van der Waals surface area contributed by atoms with E-state index in [1.54, 1.807) is 6.07 Å². The number of hydrogen-bond donors (Lipinski definition) is 1. The summed E-state index contributed by atoms with van der Waals surface area (Å²) in [5.41, 5.74) is 5.10. The molecule has 8 heteroatoms. The maximum Gasteiger partial charge on any atom is 0.573 e. The summed E-state index contributed by atoms with van der Waals surface area (Å²) in [4.78, 5) is 3.62. The second kappa shape index (κ2) is 4.67. The van der Waals surface area contributed by atoms with Gasteiger partial charge in [0.25, 0.3) is 0 Å². The third-order valence-corrected chi connectivity index (χ3v) is 2.33. The van der Waals surface area contributed by atoms with Crippen LogP contribution in [0, 0.1) is 11.3 Å². The Morgan fingerprint density at radius 2 is 2.19 bits per heavy atom. The number of halogens is 4. The van der Waals surface area contributed by atoms with E-state index in [2.05, 4.69) is 25.7 Å². The molecule has 16 heavy (non-hydrogen) atoms. The van der Waals surface area contributed by atoms with Crippen LogP contribution in [-0.2, 0) is 6.54 Å². The Morgan fingerprint density at radius 3 is 2.62 bits per heavy atom. The third kappa shape index (κ3) is 2.84. The summed E-state index contributed by atoms with van der Waals surface area (Å²) >= 11 is 2.82. The van der Waals surface area contributed by atoms with Crippen molar-refractivity contribution in [2.45, 2.75) is 12.9 Å². The van der Waals surface area contributed by atoms with Crippen LogP contribution in [0.4, 0.5) is 13.2 Å². The summed E-state index contributed by atoms with van der Waals surface area (Å²) in [5, 5.41) is 8.59. The predicted molar refractivity (Wildman–Crippen MR) is 51.2 cm³/mol. The molecule has 0 fully saturated rings. The van der Waals surface area contributed by atoms with Gasteiger partial charge >= 0.3 is 6.36 Å². The minimum atomic E-state index is -4.85. The van der Waals surface area contributed by atoms with Crippen molar-refractivity contribution < 1.29 is 17.9 Å². The molecule has 0 atom stereocenters. The maximum atomic E-state index is 12.1. The molecular formula is C8H5BrF3N3O. The van der Waals surface area contributed by atoms with Crippen molar-refractivity contribution in [3.05, 3.63) is 21.9 Å². The first-order valence-corrected chi connectivity index (χ1v) is 4.71. The monoisotopic (exact) mass is 295 g/mol. The zero-order valence-electron chi connectivity index (χ0n) is 7.68. The number of ether oxygens (including phenoxy) is 1. The number of nitrogens with two attached hydrogens (primary N) is 1. The quantitative estimate of drug-likeness (QED) is 0.907. The van der Waals surface area contributed by atoms with Crippen LogP contribution in [0.25, 0.3) is 0 Å². The molecular weight excluding hydrogens is 291 g/mol. The van der Waals surface area contributed by atoms with Crippen LogP contribution in [-0.4, -0.2) is 11.3 Å². The Labute approximate surface area is 97.0 Å². The maximum absolute atomic E-state index is 12.1. The molecule has 1 aromatic rings. The Kier molecular flexibility index (Phi) is 3.72. The Hall–Kier alpha value is -1.33. The van der Waals surface area contributed by atoms with Gasteiger partial charge in [0, 0.05) is 18.3 Å². The van der Waals surface area contributed by atoms with Gasteiger partial charge in [-0.2, -0.15) is 5.26 Å². The average Bonchev–Trinajstić information content (AvgIpc) is 2.19. The van der Waals surface area contributed by atoms with Gasteiger partial charge in [0.05, 0.1) is 4.47 Å². The first-order valence-electron chi connectivity index (χ1n) is 3.92. The molecule has 4 nitrogen and oxygen atoms in total. The minimum Gasteiger partial charge on any atom is -0.404 e. The number of nitrogens with zero attached hydrogens (tertiary/aromatic N) is 2. The van der Waals surface area contributed by atoms with Crippen LogP contribution in [0.3, 0.4) is 0 Å². The van der Waals surface area contributed by atoms with E-state index in [0.717, 1.165) is 6.20 Å². The van der Waals surface area contributed by atoms with E-state index in [9.17, 15) is 13.2 Å². The largest absolute Gasteiger partial charge is 0.573 e. The van der Waals surface area contributed by atoms with Crippen LogP contribution >= 0.6 is 15.9 Å². The number of rotatable bonds is 2. The number of hydrogen-bond acceptors (Lipinski definition) is 4. The van der Waals surface area contributed by atoms with Gasteiger partial charge in [-0.25, -0.2) is 4.98 Å². The van der Waals surface area contributed by atoms with Gasteiger partial charge in [0.15, 0.2) is 11.4 Å². The summed E-state index contributed by atoms with van der Waals surface area (Å²) < 4.78 is 39.9. The molecule has 1 aromatic heterocycles. The van der Waals surface area contributed by atoms with Crippen LogP contribution in [0.2, 0.25) is 0 Å². The Balaban J connectivity index is 3.28. The molecule has 0 aliphatic heterocycles. The molecule has 0 unspecified atom stereocenters. The molecule has 0 saturated heterocycles. The van der Waals surface area contributed by atoms with Crippen molar-refractivity contribution >= 4 is 15.9 Å². The van der Waals surface area contributed by atoms with Gasteiger partial charge in [0.1, 0.15) is 6.07 Å². The van der Waals surface area contributed by atoms with Crippen molar-refractivity contribution in [2.75, 3.05) is 0 Å². The van der Waals surface area contributed by atoms with Crippen LogP contribution in [0.15, 0.2) is 10.7 Å². The van der Waals surface area contributed by atoms with E-state index < -0.39 is 12.1 Å². The first-order chi connectivity index (χ1) is 7.39. The topological polar surface area (TPSA) is 71.9 Å². The van der Waals surface area contributed by atoms with E-state index in [1.807, 2.05) is 0 Å². The molecule has 0 aliphatic rings. The van der Waals surface area contributed by atoms with Gasteiger partial charge in [-0.3, -0.25) is 0 Å². The normalized spacial score (nSPS) is 11.0. The molecule has 0 amide bonds. The van der Waals surface area contributed by atoms with E-state index >= 15 is 0 Å². The molecule has 0 spiro atoms. The van der Waals surface area contributed by atoms with Gasteiger partial charge in [-0.1, -0.05) is 0 Å². The van der Waals surface area contributed by atoms with Crippen molar-refractivity contribution in [2.24, 2.45) is 5.73 Å². The lowest BCUT2D eigenvalue weighted by Crippen LogP contribution is -2.19. The molecule has 1 rings (SSSR count). The van der Waals surface area contributed by atoms with Gasteiger partial charge in [-0.05, 0) is 15.9 Å². The van der Waals surface area contributed by atoms with Gasteiger partial charge in [0.2, 0.25) is 0 Å². The first kappa shape index (κ1) is 12.7. The number of nitriles is 1. The van der Waals surface area contributed by atoms with Crippen molar-refractivity contribution in [3.63, 3.8) is 0 Å². The Morgan fingerprint density at radius 1 is 1.56 bits per heavy atom. The number of aromatic nitrogens is 1. The molecule has 0 bridgehead atoms. The van der Waals surface area contributed by atoms with Gasteiger partial charge in [-0.15, -0.1) is 13.2 Å². The van der Waals surface area contributed by atoms with E-state index in [-0.39, 0.29) is 22.3 Å². The summed E-state index contributed by atoms with van der Waals surface area (Å²) in [7, 11) is 0. The highest BCUT2D eigenvalue weighted by atomic mass is 79.9. The van der Waals surface area contributed by atoms with Crippen LogP contribution < -0.4 is 10.5 Å². The zero-order valence-corrected chi connectivity index (χ0v) is 9.26. The highest BCUT2D eigenvalue weighted by Crippen LogP contribution is 2.34. The smallest absolute Gasteiger partial charge is 0.404 e. The second-order valence-corrected chi connectivity index (χ2v) is 3.43. The Bertz CT molecular complexity index is 441. The summed E-state index contributed by atoms with van der Waals surface area (Å²) in [5.74, 6) is -0.526. The fourth-order valence-electron chi connectivity index (χ4n) is 0.956. The fraction of sp³-hybridized carbons (Fsp3) is 0.250. The van der Waals surface area contributed by atoms with Crippen molar-refractivity contribution in [3.8, 4) is 11.8 Å². The molecule has 0 aliphatic carbocycles. The summed E-state index contributed by atoms with van der Waals surface area (Å²) in [6.07, 6.45) is -3.77. The summed E-state index contributed by atoms with van der Waals surface area (Å²) in [6.45, 7) is -0.178. The van der Waals surface area contributed by atoms with Crippen molar-refractivity contribution in [1.82, 2.24) is 4.98 Å². The highest BCUT2D eigenvalue weighted by molar-refractivity contribution is 9.10. The molecule has 0 saturated carbocycles. The SMILES string of the molecule is N#Cc1ncc(CN)c(OC(F)(F)F)c1Br. The lowest BCUT2D eigenvalue weighted by Gasteiger charge is -2.14. The fourth-order valence-corrected chi connectivity index (χ4v) is 1.48. The van der Waals surface area contributed by atoms with E-state index in [4.69, 9.17) is 11.0 Å². The predicted octanol–water partition coefficient (Wildman–Crippen LogP) is 2.07. The molecule has 2 N–H and O–H groups in total. The highest BCUT2D eigenvalue weighted by Gasteiger charge is 2.33. The number of pyridine rings is 1. The van der Waals surface area contributed by atoms with Gasteiger partial charge < -0.3 is 10.5 Å². The summed E-state index contributed by atoms with van der Waals surface area (Å²) in [6, 6.07) is 1.63. The molecule has 1 heterocycles. The standard InChI is InChI=1S/C8H5BrF3N3O/c9-6-5(2-14)15-3-4(1-13)7(6)16-8(10,11)12/h3H,1,13H2. The zero-order chi connectivity index (χ0) is 12.3. The molecule has 86 valence electrons. The van der Waals surface area contributed by atoms with Crippen LogP contribution in [0.1, 0.15) is 11.3 Å². The average molecular weight is 296 g/mol. The van der Waals surface area contributed by atoms with E-state index in [0.29, 0.717) is 0 Å².